The molecule has 1 fully saturated rings. The summed E-state index contributed by atoms with van der Waals surface area (Å²) in [6.07, 6.45) is 1.48. The first kappa shape index (κ1) is 11.0. The molecule has 4 heteroatoms. The number of likely N-dealkylation sites (N-methyl/N-ethyl adjacent to an activating group) is 1. The molecule has 0 radical (unpaired) electrons. The second-order valence-electron chi connectivity index (χ2n) is 3.47. The third-order valence-corrected chi connectivity index (χ3v) is 2.41. The zero-order chi connectivity index (χ0) is 9.84. The summed E-state index contributed by atoms with van der Waals surface area (Å²) in [5.74, 6) is 0. The molecule has 0 aromatic heterocycles. The number of likely N-dealkylation sites (tertiary alicyclic amines) is 1. The molecule has 0 spiro atoms. The van der Waals surface area contributed by atoms with E-state index in [0.29, 0.717) is 25.5 Å². The minimum absolute atomic E-state index is 0.0493. The summed E-state index contributed by atoms with van der Waals surface area (Å²) in [5.41, 5.74) is 0.801. The lowest BCUT2D eigenvalue weighted by atomic mass is 10.2. The highest BCUT2D eigenvalue weighted by molar-refractivity contribution is 7.80. The molecule has 0 aliphatic carbocycles. The highest BCUT2D eigenvalue weighted by Crippen LogP contribution is 2.21. The topological polar surface area (TPSA) is 12.5 Å². The van der Waals surface area contributed by atoms with Crippen molar-refractivity contribution in [3.63, 3.8) is 0 Å². The molecular formula is C9H16FNOS. The molecule has 0 N–H and O–H groups in total. The Morgan fingerprint density at radius 3 is 3.00 bits per heavy atom. The Morgan fingerprint density at radius 2 is 2.54 bits per heavy atom. The van der Waals surface area contributed by atoms with Crippen LogP contribution in [0.2, 0.25) is 0 Å². The van der Waals surface area contributed by atoms with E-state index in [4.69, 9.17) is 4.74 Å². The van der Waals surface area contributed by atoms with Crippen molar-refractivity contribution in [3.8, 4) is 0 Å². The van der Waals surface area contributed by atoms with Crippen LogP contribution in [0.3, 0.4) is 0 Å². The third kappa shape index (κ3) is 3.29. The summed E-state index contributed by atoms with van der Waals surface area (Å²) >= 11 is 4.12. The van der Waals surface area contributed by atoms with Gasteiger partial charge < -0.3 is 4.74 Å². The Morgan fingerprint density at radius 1 is 1.85 bits per heavy atom. The molecule has 0 bridgehead atoms. The molecule has 13 heavy (non-hydrogen) atoms. The number of halogens is 1. The van der Waals surface area contributed by atoms with Crippen LogP contribution < -0.4 is 0 Å². The number of rotatable bonds is 3. The van der Waals surface area contributed by atoms with Crippen molar-refractivity contribution < 1.29 is 9.13 Å². The van der Waals surface area contributed by atoms with Gasteiger partial charge in [0.05, 0.1) is 18.4 Å². The SMILES string of the molecule is CC(S)OCC1C/C(=C/F)CN1C. The van der Waals surface area contributed by atoms with Gasteiger partial charge in [0.25, 0.3) is 0 Å². The predicted molar refractivity (Wildman–Crippen MR) is 54.6 cm³/mol. The maximum absolute atomic E-state index is 12.2. The summed E-state index contributed by atoms with van der Waals surface area (Å²) in [6.45, 7) is 3.22. The minimum Gasteiger partial charge on any atom is -0.367 e. The van der Waals surface area contributed by atoms with Crippen molar-refractivity contribution in [2.24, 2.45) is 0 Å². The highest BCUT2D eigenvalue weighted by atomic mass is 32.1. The van der Waals surface area contributed by atoms with Gasteiger partial charge in [0.1, 0.15) is 0 Å². The second-order valence-corrected chi connectivity index (χ2v) is 4.20. The molecular weight excluding hydrogens is 189 g/mol. The van der Waals surface area contributed by atoms with Gasteiger partial charge in [-0.05, 0) is 26.0 Å². The van der Waals surface area contributed by atoms with Crippen molar-refractivity contribution in [2.45, 2.75) is 24.8 Å². The number of ether oxygens (including phenoxy) is 1. The average Bonchev–Trinajstić information content (AvgIpc) is 2.43. The number of nitrogens with zero attached hydrogens (tertiary/aromatic N) is 1. The van der Waals surface area contributed by atoms with Crippen molar-refractivity contribution >= 4 is 12.6 Å². The quantitative estimate of drug-likeness (QED) is 0.557. The average molecular weight is 205 g/mol. The molecule has 1 heterocycles. The Hall–Kier alpha value is -0.0600. The van der Waals surface area contributed by atoms with Gasteiger partial charge in [0.2, 0.25) is 0 Å². The van der Waals surface area contributed by atoms with E-state index < -0.39 is 0 Å². The monoisotopic (exact) mass is 205 g/mol. The summed E-state index contributed by atoms with van der Waals surface area (Å²) in [6, 6.07) is 0.302. The third-order valence-electron chi connectivity index (χ3n) is 2.26. The van der Waals surface area contributed by atoms with Gasteiger partial charge in [-0.2, -0.15) is 0 Å². The molecule has 0 amide bonds. The molecule has 2 atom stereocenters. The largest absolute Gasteiger partial charge is 0.367 e. The molecule has 1 saturated heterocycles. The zero-order valence-corrected chi connectivity index (χ0v) is 8.93. The zero-order valence-electron chi connectivity index (χ0n) is 8.03. The maximum atomic E-state index is 12.2. The van der Waals surface area contributed by atoms with Gasteiger partial charge in [-0.25, -0.2) is 4.39 Å². The van der Waals surface area contributed by atoms with Crippen LogP contribution in [0.1, 0.15) is 13.3 Å². The van der Waals surface area contributed by atoms with Crippen LogP contribution in [0.5, 0.6) is 0 Å². The Kier molecular flexibility index (Phi) is 4.22. The van der Waals surface area contributed by atoms with Gasteiger partial charge in [-0.3, -0.25) is 4.90 Å². The van der Waals surface area contributed by atoms with E-state index in [-0.39, 0.29) is 5.44 Å². The summed E-state index contributed by atoms with van der Waals surface area (Å²) < 4.78 is 17.6. The molecule has 76 valence electrons. The van der Waals surface area contributed by atoms with Gasteiger partial charge in [0.15, 0.2) is 0 Å². The number of hydrogen-bond donors (Lipinski definition) is 1. The molecule has 1 aliphatic heterocycles. The first-order valence-corrected chi connectivity index (χ1v) is 4.93. The minimum atomic E-state index is -0.0493. The first-order chi connectivity index (χ1) is 6.13. The molecule has 0 aromatic carbocycles. The van der Waals surface area contributed by atoms with E-state index in [1.165, 1.54) is 0 Å². The number of hydrogen-bond acceptors (Lipinski definition) is 3. The van der Waals surface area contributed by atoms with Crippen LogP contribution in [0.4, 0.5) is 4.39 Å². The molecule has 2 nitrogen and oxygen atoms in total. The lowest BCUT2D eigenvalue weighted by Gasteiger charge is -2.19. The Bertz CT molecular complexity index is 196. The smallest absolute Gasteiger partial charge is 0.0972 e. The van der Waals surface area contributed by atoms with E-state index in [1.54, 1.807) is 0 Å². The van der Waals surface area contributed by atoms with Crippen LogP contribution in [-0.2, 0) is 4.74 Å². The first-order valence-electron chi connectivity index (χ1n) is 4.41. The van der Waals surface area contributed by atoms with E-state index in [1.807, 2.05) is 14.0 Å². The Balaban J connectivity index is 2.35. The molecule has 0 aromatic rings. The van der Waals surface area contributed by atoms with Crippen LogP contribution in [-0.4, -0.2) is 36.6 Å². The maximum Gasteiger partial charge on any atom is 0.0972 e. The molecule has 1 rings (SSSR count). The van der Waals surface area contributed by atoms with Crippen LogP contribution in [0.25, 0.3) is 0 Å². The summed E-state index contributed by atoms with van der Waals surface area (Å²) in [4.78, 5) is 2.10. The van der Waals surface area contributed by atoms with Crippen molar-refractivity contribution in [1.29, 1.82) is 0 Å². The van der Waals surface area contributed by atoms with E-state index in [9.17, 15) is 4.39 Å². The second kappa shape index (κ2) is 4.98. The van der Waals surface area contributed by atoms with E-state index in [2.05, 4.69) is 17.5 Å². The van der Waals surface area contributed by atoms with E-state index in [0.717, 1.165) is 12.0 Å². The van der Waals surface area contributed by atoms with Gasteiger partial charge in [0, 0.05) is 12.6 Å². The fraction of sp³-hybridized carbons (Fsp3) is 0.778. The van der Waals surface area contributed by atoms with Gasteiger partial charge in [-0.1, -0.05) is 0 Å². The fourth-order valence-electron chi connectivity index (χ4n) is 1.49. The van der Waals surface area contributed by atoms with Gasteiger partial charge in [-0.15, -0.1) is 12.6 Å². The molecule has 0 saturated carbocycles. The summed E-state index contributed by atoms with van der Waals surface area (Å²) in [7, 11) is 1.98. The summed E-state index contributed by atoms with van der Waals surface area (Å²) in [5, 5.41) is 0. The molecule has 1 aliphatic rings. The van der Waals surface area contributed by atoms with Crippen molar-refractivity contribution in [3.05, 3.63) is 11.9 Å². The van der Waals surface area contributed by atoms with E-state index >= 15 is 0 Å². The highest BCUT2D eigenvalue weighted by Gasteiger charge is 2.25. The lowest BCUT2D eigenvalue weighted by Crippen LogP contribution is -2.30. The van der Waals surface area contributed by atoms with Crippen molar-refractivity contribution in [2.75, 3.05) is 20.2 Å². The van der Waals surface area contributed by atoms with Crippen LogP contribution in [0.15, 0.2) is 11.9 Å². The fourth-order valence-corrected chi connectivity index (χ4v) is 1.57. The van der Waals surface area contributed by atoms with Crippen LogP contribution >= 0.6 is 12.6 Å². The van der Waals surface area contributed by atoms with Gasteiger partial charge >= 0.3 is 0 Å². The predicted octanol–water partition coefficient (Wildman–Crippen LogP) is 1.84. The van der Waals surface area contributed by atoms with Crippen LogP contribution in [0, 0.1) is 0 Å². The standard InChI is InChI=1S/C9H16FNOS/c1-7(13)12-6-9-3-8(4-10)5-11(9)2/h4,7,9,13H,3,5-6H2,1-2H3/b8-4-. The molecule has 2 unspecified atom stereocenters. The Labute approximate surface area is 84.2 Å². The van der Waals surface area contributed by atoms with Crippen molar-refractivity contribution in [1.82, 2.24) is 4.90 Å². The number of thiol groups is 1. The normalized spacial score (nSPS) is 29.8. The lowest BCUT2D eigenvalue weighted by molar-refractivity contribution is 0.0787.